The van der Waals surface area contributed by atoms with Crippen LogP contribution in [0.2, 0.25) is 5.02 Å². The zero-order chi connectivity index (χ0) is 18.4. The molecule has 0 fully saturated rings. The molecule has 2 aromatic carbocycles. The van der Waals surface area contributed by atoms with Crippen LogP contribution in [0.25, 0.3) is 27.9 Å². The number of para-hydroxylation sites is 1. The highest BCUT2D eigenvalue weighted by atomic mass is 35.5. The van der Waals surface area contributed by atoms with Gasteiger partial charge in [0.1, 0.15) is 17.0 Å². The van der Waals surface area contributed by atoms with E-state index in [0.717, 1.165) is 28.0 Å². The van der Waals surface area contributed by atoms with Crippen LogP contribution in [0.5, 0.6) is 0 Å². The number of nitrogens with zero attached hydrogens (tertiary/aromatic N) is 5. The Morgan fingerprint density at radius 3 is 2.63 bits per heavy atom. The molecule has 132 valence electrons. The van der Waals surface area contributed by atoms with Crippen LogP contribution in [-0.2, 0) is 6.54 Å². The van der Waals surface area contributed by atoms with Crippen molar-refractivity contribution in [2.45, 2.75) is 6.54 Å². The Morgan fingerprint density at radius 1 is 0.963 bits per heavy atom. The fraction of sp³-hybridized carbons (Fsp3) is 0.0500. The lowest BCUT2D eigenvalue weighted by Gasteiger charge is -2.07. The summed E-state index contributed by atoms with van der Waals surface area (Å²) in [6, 6.07) is 18.2. The third-order valence-corrected chi connectivity index (χ3v) is 4.77. The van der Waals surface area contributed by atoms with E-state index in [1.54, 1.807) is 15.1 Å². The van der Waals surface area contributed by atoms with Crippen LogP contribution >= 0.6 is 11.6 Å². The Bertz CT molecular complexity index is 1270. The number of hydrogen-bond donors (Lipinski definition) is 0. The second-order valence-electron chi connectivity index (χ2n) is 6.23. The van der Waals surface area contributed by atoms with Gasteiger partial charge >= 0.3 is 0 Å². The van der Waals surface area contributed by atoms with E-state index in [0.29, 0.717) is 17.2 Å². The minimum absolute atomic E-state index is 0.327. The average molecular weight is 378 g/mol. The van der Waals surface area contributed by atoms with Gasteiger partial charge in [-0.25, -0.2) is 14.1 Å². The number of fused-ring (bicyclic) bond motifs is 2. The lowest BCUT2D eigenvalue weighted by Crippen LogP contribution is -2.06. The van der Waals surface area contributed by atoms with Gasteiger partial charge in [0.2, 0.25) is 0 Å². The molecule has 0 bridgehead atoms. The number of halogens is 2. The molecule has 0 aliphatic rings. The van der Waals surface area contributed by atoms with E-state index in [9.17, 15) is 4.39 Å². The number of aromatic nitrogens is 5. The molecule has 0 N–H and O–H groups in total. The van der Waals surface area contributed by atoms with E-state index < -0.39 is 0 Å². The normalized spacial score (nSPS) is 11.5. The summed E-state index contributed by atoms with van der Waals surface area (Å²) in [5.74, 6) is -0.327. The average Bonchev–Trinajstić information content (AvgIpc) is 3.25. The van der Waals surface area contributed by atoms with E-state index in [1.807, 2.05) is 48.5 Å². The first-order valence-corrected chi connectivity index (χ1v) is 8.77. The highest BCUT2D eigenvalue weighted by Gasteiger charge is 2.17. The van der Waals surface area contributed by atoms with Crippen LogP contribution in [0.1, 0.15) is 5.69 Å². The first-order chi connectivity index (χ1) is 13.2. The number of rotatable bonds is 3. The van der Waals surface area contributed by atoms with Crippen molar-refractivity contribution >= 4 is 28.3 Å². The minimum atomic E-state index is -0.327. The Hall–Kier alpha value is -3.25. The quantitative estimate of drug-likeness (QED) is 0.462. The van der Waals surface area contributed by atoms with Gasteiger partial charge in [0.15, 0.2) is 0 Å². The minimum Gasteiger partial charge on any atom is -0.299 e. The van der Waals surface area contributed by atoms with Crippen LogP contribution in [-0.4, -0.2) is 24.4 Å². The Kier molecular flexibility index (Phi) is 3.65. The molecule has 0 unspecified atom stereocenters. The first-order valence-electron chi connectivity index (χ1n) is 8.40. The molecule has 5 rings (SSSR count). The van der Waals surface area contributed by atoms with Gasteiger partial charge in [0, 0.05) is 16.8 Å². The van der Waals surface area contributed by atoms with Crippen molar-refractivity contribution in [1.82, 2.24) is 24.4 Å². The van der Waals surface area contributed by atoms with Crippen molar-refractivity contribution in [2.24, 2.45) is 0 Å². The molecule has 0 spiro atoms. The highest BCUT2D eigenvalue weighted by molar-refractivity contribution is 6.30. The summed E-state index contributed by atoms with van der Waals surface area (Å²) >= 11 is 6.02. The van der Waals surface area contributed by atoms with E-state index in [-0.39, 0.29) is 5.82 Å². The highest BCUT2D eigenvalue weighted by Crippen LogP contribution is 2.27. The van der Waals surface area contributed by atoms with Crippen LogP contribution in [0.4, 0.5) is 4.39 Å². The monoisotopic (exact) mass is 377 g/mol. The fourth-order valence-electron chi connectivity index (χ4n) is 3.23. The summed E-state index contributed by atoms with van der Waals surface area (Å²) in [6.07, 6.45) is 1.44. The zero-order valence-electron chi connectivity index (χ0n) is 14.0. The number of imidazole rings is 1. The number of pyridine rings is 1. The van der Waals surface area contributed by atoms with Gasteiger partial charge in [-0.3, -0.25) is 4.40 Å². The predicted octanol–water partition coefficient (Wildman–Crippen LogP) is 4.59. The van der Waals surface area contributed by atoms with Crippen LogP contribution in [0.15, 0.2) is 66.9 Å². The molecular formula is C20H13ClFN5. The molecule has 0 amide bonds. The van der Waals surface area contributed by atoms with Crippen molar-refractivity contribution in [1.29, 1.82) is 0 Å². The zero-order valence-corrected chi connectivity index (χ0v) is 14.8. The van der Waals surface area contributed by atoms with Gasteiger partial charge in [-0.15, -0.1) is 5.10 Å². The molecule has 0 saturated heterocycles. The van der Waals surface area contributed by atoms with Crippen molar-refractivity contribution in [2.75, 3.05) is 0 Å². The van der Waals surface area contributed by atoms with Crippen molar-refractivity contribution < 1.29 is 4.39 Å². The second-order valence-corrected chi connectivity index (χ2v) is 6.66. The number of benzene rings is 2. The molecule has 3 aromatic heterocycles. The first kappa shape index (κ1) is 16.0. The molecular weight excluding hydrogens is 365 g/mol. The van der Waals surface area contributed by atoms with E-state index in [2.05, 4.69) is 10.3 Å². The topological polar surface area (TPSA) is 48.0 Å². The molecule has 0 aliphatic heterocycles. The SMILES string of the molecule is Fc1ccc2nc(-c3ccc(Cl)cc3)c(Cn3nnc4ccccc43)n2c1. The summed E-state index contributed by atoms with van der Waals surface area (Å²) in [5, 5.41) is 9.11. The summed E-state index contributed by atoms with van der Waals surface area (Å²) in [4.78, 5) is 4.71. The molecule has 0 radical (unpaired) electrons. The standard InChI is InChI=1S/C20H13ClFN5/c21-14-7-5-13(6-8-14)20-18(26-11-15(22)9-10-19(26)23-20)12-27-17-4-2-1-3-16(17)24-25-27/h1-11H,12H2. The second kappa shape index (κ2) is 6.17. The van der Waals surface area contributed by atoms with Gasteiger partial charge < -0.3 is 0 Å². The maximum atomic E-state index is 13.9. The van der Waals surface area contributed by atoms with E-state index in [1.165, 1.54) is 12.3 Å². The maximum absolute atomic E-state index is 13.9. The molecule has 5 nitrogen and oxygen atoms in total. The predicted molar refractivity (Wildman–Crippen MR) is 102 cm³/mol. The summed E-state index contributed by atoms with van der Waals surface area (Å²) in [5.41, 5.74) is 4.87. The van der Waals surface area contributed by atoms with E-state index >= 15 is 0 Å². The van der Waals surface area contributed by atoms with Gasteiger partial charge in [0.25, 0.3) is 0 Å². The van der Waals surface area contributed by atoms with Crippen molar-refractivity contribution in [3.63, 3.8) is 0 Å². The van der Waals surface area contributed by atoms with Gasteiger partial charge in [-0.05, 0) is 36.4 Å². The largest absolute Gasteiger partial charge is 0.299 e. The van der Waals surface area contributed by atoms with Crippen LogP contribution in [0.3, 0.4) is 0 Å². The molecule has 0 atom stereocenters. The third-order valence-electron chi connectivity index (χ3n) is 4.52. The Labute approximate surface area is 158 Å². The molecule has 5 aromatic rings. The Balaban J connectivity index is 1.72. The summed E-state index contributed by atoms with van der Waals surface area (Å²) in [7, 11) is 0. The Morgan fingerprint density at radius 2 is 1.78 bits per heavy atom. The maximum Gasteiger partial charge on any atom is 0.139 e. The number of hydrogen-bond acceptors (Lipinski definition) is 3. The molecule has 0 saturated carbocycles. The molecule has 3 heterocycles. The van der Waals surface area contributed by atoms with Gasteiger partial charge in [-0.1, -0.05) is 41.1 Å². The smallest absolute Gasteiger partial charge is 0.139 e. The van der Waals surface area contributed by atoms with Gasteiger partial charge in [-0.2, -0.15) is 0 Å². The van der Waals surface area contributed by atoms with Crippen molar-refractivity contribution in [3.8, 4) is 11.3 Å². The summed E-state index contributed by atoms with van der Waals surface area (Å²) < 4.78 is 17.5. The molecule has 7 heteroatoms. The lowest BCUT2D eigenvalue weighted by atomic mass is 10.1. The fourth-order valence-corrected chi connectivity index (χ4v) is 3.36. The van der Waals surface area contributed by atoms with Gasteiger partial charge in [0.05, 0.1) is 23.4 Å². The van der Waals surface area contributed by atoms with E-state index in [4.69, 9.17) is 16.6 Å². The summed E-state index contributed by atoms with van der Waals surface area (Å²) in [6.45, 7) is 0.406. The molecule has 0 aliphatic carbocycles. The van der Waals surface area contributed by atoms with Crippen LogP contribution in [0, 0.1) is 5.82 Å². The molecule has 27 heavy (non-hydrogen) atoms. The lowest BCUT2D eigenvalue weighted by molar-refractivity contribution is 0.612. The van der Waals surface area contributed by atoms with Crippen LogP contribution < -0.4 is 0 Å². The third kappa shape index (κ3) is 2.74. The van der Waals surface area contributed by atoms with Crippen molar-refractivity contribution in [3.05, 3.63) is 83.4 Å².